The molecule has 0 unspecified atom stereocenters. The van der Waals surface area contributed by atoms with Gasteiger partial charge in [0.2, 0.25) is 0 Å². The first kappa shape index (κ1) is 20.4. The second-order valence-electron chi connectivity index (χ2n) is 6.78. The van der Waals surface area contributed by atoms with Gasteiger partial charge >= 0.3 is 0 Å². The Balaban J connectivity index is 1.43. The largest absolute Gasteiger partial charge is 0.492 e. The number of thioether (sulfide) groups is 1. The third-order valence-electron chi connectivity index (χ3n) is 4.58. The second-order valence-corrected chi connectivity index (χ2v) is 7.78. The van der Waals surface area contributed by atoms with E-state index in [4.69, 9.17) is 10.5 Å². The van der Waals surface area contributed by atoms with Crippen molar-refractivity contribution >= 4 is 23.1 Å². The minimum Gasteiger partial charge on any atom is -0.492 e. The lowest BCUT2D eigenvalue weighted by atomic mass is 10.1. The van der Waals surface area contributed by atoms with Gasteiger partial charge in [-0.1, -0.05) is 60.6 Å². The third kappa shape index (κ3) is 7.37. The Morgan fingerprint density at radius 3 is 2.71 bits per heavy atom. The van der Waals surface area contributed by atoms with E-state index in [1.807, 2.05) is 42.5 Å². The van der Waals surface area contributed by atoms with Gasteiger partial charge in [-0.2, -0.15) is 5.10 Å². The van der Waals surface area contributed by atoms with E-state index >= 15 is 0 Å². The fraction of sp³-hybridized carbons (Fsp3) is 0.364. The number of rotatable bonds is 8. The summed E-state index contributed by atoms with van der Waals surface area (Å²) in [5.74, 6) is 1.64. The number of piperidine rings is 1. The number of amidine groups is 1. The number of hydrogen-bond acceptors (Lipinski definition) is 5. The summed E-state index contributed by atoms with van der Waals surface area (Å²) in [5.41, 5.74) is 8.08. The highest BCUT2D eigenvalue weighted by Crippen LogP contribution is 2.14. The van der Waals surface area contributed by atoms with Crippen molar-refractivity contribution in [3.05, 3.63) is 65.7 Å². The van der Waals surface area contributed by atoms with Crippen molar-refractivity contribution in [2.45, 2.75) is 25.0 Å². The zero-order chi connectivity index (χ0) is 19.4. The van der Waals surface area contributed by atoms with Gasteiger partial charge in [0.05, 0.1) is 6.21 Å². The molecule has 148 valence electrons. The van der Waals surface area contributed by atoms with E-state index in [0.717, 1.165) is 23.6 Å². The predicted molar refractivity (Wildman–Crippen MR) is 119 cm³/mol. The Morgan fingerprint density at radius 1 is 1.07 bits per heavy atom. The molecule has 0 spiro atoms. The van der Waals surface area contributed by atoms with Crippen molar-refractivity contribution in [2.24, 2.45) is 15.9 Å². The lowest BCUT2D eigenvalue weighted by Crippen LogP contribution is -2.33. The molecule has 3 rings (SSSR count). The summed E-state index contributed by atoms with van der Waals surface area (Å²) in [4.78, 5) is 2.47. The molecule has 0 aromatic heterocycles. The van der Waals surface area contributed by atoms with Crippen LogP contribution < -0.4 is 10.5 Å². The van der Waals surface area contributed by atoms with Crippen LogP contribution >= 0.6 is 11.8 Å². The van der Waals surface area contributed by atoms with E-state index in [-0.39, 0.29) is 0 Å². The molecule has 0 radical (unpaired) electrons. The van der Waals surface area contributed by atoms with Crippen LogP contribution in [0.25, 0.3) is 0 Å². The molecule has 0 amide bonds. The van der Waals surface area contributed by atoms with Crippen LogP contribution in [0, 0.1) is 0 Å². The molecular formula is C22H28N4OS. The Kier molecular flexibility index (Phi) is 8.40. The third-order valence-corrected chi connectivity index (χ3v) is 5.43. The van der Waals surface area contributed by atoms with Gasteiger partial charge in [-0.3, -0.25) is 4.90 Å². The van der Waals surface area contributed by atoms with Crippen molar-refractivity contribution in [1.82, 2.24) is 4.90 Å². The lowest BCUT2D eigenvalue weighted by molar-refractivity contribution is 0.183. The fourth-order valence-electron chi connectivity index (χ4n) is 3.07. The van der Waals surface area contributed by atoms with Gasteiger partial charge in [0.15, 0.2) is 5.17 Å². The van der Waals surface area contributed by atoms with E-state index in [2.05, 4.69) is 27.2 Å². The van der Waals surface area contributed by atoms with E-state index in [9.17, 15) is 0 Å². The van der Waals surface area contributed by atoms with Gasteiger partial charge in [-0.05, 0) is 49.2 Å². The molecule has 0 atom stereocenters. The number of ether oxygens (including phenoxy) is 1. The smallest absolute Gasteiger partial charge is 0.180 e. The first-order chi connectivity index (χ1) is 13.8. The number of hydrogen-bond donors (Lipinski definition) is 1. The van der Waals surface area contributed by atoms with E-state index in [1.165, 1.54) is 49.7 Å². The van der Waals surface area contributed by atoms with Crippen LogP contribution in [0.3, 0.4) is 0 Å². The van der Waals surface area contributed by atoms with Gasteiger partial charge < -0.3 is 10.5 Å². The molecular weight excluding hydrogens is 368 g/mol. The number of nitrogens with two attached hydrogens (primary N) is 1. The summed E-state index contributed by atoms with van der Waals surface area (Å²) in [5, 5.41) is 8.62. The van der Waals surface area contributed by atoms with Crippen LogP contribution in [0.2, 0.25) is 0 Å². The van der Waals surface area contributed by atoms with Gasteiger partial charge in [-0.15, -0.1) is 5.10 Å². The van der Waals surface area contributed by atoms with Gasteiger partial charge in [0, 0.05) is 12.3 Å². The molecule has 0 bridgehead atoms. The Hall–Kier alpha value is -2.31. The summed E-state index contributed by atoms with van der Waals surface area (Å²) in [6.07, 6.45) is 5.67. The monoisotopic (exact) mass is 396 g/mol. The zero-order valence-corrected chi connectivity index (χ0v) is 17.0. The highest BCUT2D eigenvalue weighted by Gasteiger charge is 2.09. The number of likely N-dealkylation sites (tertiary alicyclic amines) is 1. The molecule has 1 aliphatic heterocycles. The maximum Gasteiger partial charge on any atom is 0.180 e. The molecule has 5 nitrogen and oxygen atoms in total. The SMILES string of the molecule is NC(=NN=Cc1cccc(OCCN2CCCCC2)c1)SCc1ccccc1. The van der Waals surface area contributed by atoms with E-state index < -0.39 is 0 Å². The maximum absolute atomic E-state index is 5.92. The fourth-order valence-corrected chi connectivity index (χ4v) is 3.68. The predicted octanol–water partition coefficient (Wildman–Crippen LogP) is 4.13. The summed E-state index contributed by atoms with van der Waals surface area (Å²) in [6.45, 7) is 4.08. The quantitative estimate of drug-likeness (QED) is 0.414. The molecule has 2 aromatic carbocycles. The van der Waals surface area contributed by atoms with Crippen molar-refractivity contribution in [3.63, 3.8) is 0 Å². The van der Waals surface area contributed by atoms with Gasteiger partial charge in [0.1, 0.15) is 12.4 Å². The summed E-state index contributed by atoms with van der Waals surface area (Å²) < 4.78 is 5.90. The average molecular weight is 397 g/mol. The van der Waals surface area contributed by atoms with Crippen LogP contribution in [0.15, 0.2) is 64.8 Å². The minimum atomic E-state index is 0.453. The topological polar surface area (TPSA) is 63.2 Å². The number of benzene rings is 2. The Morgan fingerprint density at radius 2 is 1.89 bits per heavy atom. The molecule has 1 aliphatic rings. The van der Waals surface area contributed by atoms with Crippen LogP contribution in [0.1, 0.15) is 30.4 Å². The summed E-state index contributed by atoms with van der Waals surface area (Å²) in [6, 6.07) is 18.1. The number of nitrogens with zero attached hydrogens (tertiary/aromatic N) is 3. The molecule has 0 saturated carbocycles. The molecule has 1 saturated heterocycles. The van der Waals surface area contributed by atoms with Crippen LogP contribution in [0.5, 0.6) is 5.75 Å². The second kappa shape index (κ2) is 11.5. The first-order valence-electron chi connectivity index (χ1n) is 9.78. The Bertz CT molecular complexity index is 773. The van der Waals surface area contributed by atoms with Crippen molar-refractivity contribution in [2.75, 3.05) is 26.2 Å². The lowest BCUT2D eigenvalue weighted by Gasteiger charge is -2.26. The van der Waals surface area contributed by atoms with Gasteiger partial charge in [0.25, 0.3) is 0 Å². The van der Waals surface area contributed by atoms with Crippen molar-refractivity contribution in [1.29, 1.82) is 0 Å². The van der Waals surface area contributed by atoms with Gasteiger partial charge in [-0.25, -0.2) is 0 Å². The summed E-state index contributed by atoms with van der Waals surface area (Å²) in [7, 11) is 0. The van der Waals surface area contributed by atoms with E-state index in [1.54, 1.807) is 6.21 Å². The summed E-state index contributed by atoms with van der Waals surface area (Å²) >= 11 is 1.48. The first-order valence-corrected chi connectivity index (χ1v) is 10.8. The molecule has 1 fully saturated rings. The van der Waals surface area contributed by atoms with Crippen LogP contribution in [-0.2, 0) is 5.75 Å². The van der Waals surface area contributed by atoms with Crippen LogP contribution in [-0.4, -0.2) is 42.5 Å². The minimum absolute atomic E-state index is 0.453. The van der Waals surface area contributed by atoms with Crippen LogP contribution in [0.4, 0.5) is 0 Å². The van der Waals surface area contributed by atoms with Crippen molar-refractivity contribution < 1.29 is 4.74 Å². The maximum atomic E-state index is 5.92. The molecule has 2 N–H and O–H groups in total. The molecule has 0 aliphatic carbocycles. The molecule has 6 heteroatoms. The highest BCUT2D eigenvalue weighted by molar-refractivity contribution is 8.13. The molecule has 1 heterocycles. The van der Waals surface area contributed by atoms with Crippen molar-refractivity contribution in [3.8, 4) is 5.75 Å². The van der Waals surface area contributed by atoms with E-state index in [0.29, 0.717) is 11.8 Å². The average Bonchev–Trinajstić information content (AvgIpc) is 2.74. The highest BCUT2D eigenvalue weighted by atomic mass is 32.2. The molecule has 28 heavy (non-hydrogen) atoms. The molecule has 2 aromatic rings. The normalized spacial score (nSPS) is 15.8. The zero-order valence-electron chi connectivity index (χ0n) is 16.2. The Labute approximate surface area is 171 Å². The standard InChI is InChI=1S/C22H28N4OS/c23-22(28-18-19-8-3-1-4-9-19)25-24-17-20-10-7-11-21(16-20)27-15-14-26-12-5-2-6-13-26/h1,3-4,7-11,16-17H,2,5-6,12-15,18H2,(H2,23,25).